The van der Waals surface area contributed by atoms with Gasteiger partial charge in [0.05, 0.1) is 11.1 Å². The first kappa shape index (κ1) is 8.65. The first-order valence-corrected chi connectivity index (χ1v) is 3.40. The molecule has 0 amide bonds. The maximum absolute atomic E-state index is 5.41. The van der Waals surface area contributed by atoms with Gasteiger partial charge in [0, 0.05) is 0 Å². The average Bonchev–Trinajstić information content (AvgIpc) is 2.14. The molecule has 0 radical (unpaired) electrons. The summed E-state index contributed by atoms with van der Waals surface area (Å²) >= 11 is 1.58. The number of aromatic nitrogens is 2. The molecule has 0 aliphatic carbocycles. The summed E-state index contributed by atoms with van der Waals surface area (Å²) in [6.07, 6.45) is 3.67. The zero-order chi connectivity index (χ0) is 5.98. The first-order valence-electron chi connectivity index (χ1n) is 2.17. The maximum Gasteiger partial charge on any atom is 0.132 e. The van der Waals surface area contributed by atoms with Crippen LogP contribution in [0.25, 0.3) is 0 Å². The predicted molar refractivity (Wildman–Crippen MR) is 42.0 cm³/mol. The number of nitrogens with zero attached hydrogens (tertiary/aromatic N) is 1. The molecule has 9 heavy (non-hydrogen) atoms. The van der Waals surface area contributed by atoms with E-state index in [0.717, 1.165) is 4.90 Å². The summed E-state index contributed by atoms with van der Waals surface area (Å²) < 4.78 is 0. The van der Waals surface area contributed by atoms with Crippen molar-refractivity contribution in [2.24, 2.45) is 0 Å². The Morgan fingerprint density at radius 3 is 2.67 bits per heavy atom. The molecule has 1 aromatic rings. The maximum atomic E-state index is 5.41. The van der Waals surface area contributed by atoms with Gasteiger partial charge in [-0.15, -0.1) is 24.2 Å². The number of hydrogen-bond acceptors (Lipinski definition) is 3. The molecule has 0 atom stereocenters. The molecule has 3 N–H and O–H groups in total. The average molecular weight is 166 g/mol. The van der Waals surface area contributed by atoms with Crippen molar-refractivity contribution in [3.63, 3.8) is 0 Å². The molecule has 1 aromatic heterocycles. The number of nitrogens with two attached hydrogens (primary N) is 1. The molecule has 1 heterocycles. The molecule has 52 valence electrons. The quantitative estimate of drug-likeness (QED) is 0.614. The molecular formula is C4H8ClN3S. The van der Waals surface area contributed by atoms with Gasteiger partial charge in [0.25, 0.3) is 0 Å². The van der Waals surface area contributed by atoms with E-state index in [2.05, 4.69) is 10.2 Å². The second-order valence-corrected chi connectivity index (χ2v) is 2.20. The van der Waals surface area contributed by atoms with E-state index < -0.39 is 0 Å². The number of halogens is 1. The molecule has 5 heteroatoms. The van der Waals surface area contributed by atoms with Gasteiger partial charge < -0.3 is 5.73 Å². The van der Waals surface area contributed by atoms with Gasteiger partial charge >= 0.3 is 0 Å². The minimum absolute atomic E-state index is 0. The van der Waals surface area contributed by atoms with Crippen LogP contribution in [0.5, 0.6) is 0 Å². The highest BCUT2D eigenvalue weighted by Crippen LogP contribution is 2.17. The Labute approximate surface area is 63.8 Å². The highest BCUT2D eigenvalue weighted by atomic mass is 35.5. The third-order valence-electron chi connectivity index (χ3n) is 0.852. The van der Waals surface area contributed by atoms with E-state index in [4.69, 9.17) is 5.73 Å². The molecule has 0 unspecified atom stereocenters. The molecule has 1 rings (SSSR count). The molecule has 0 bridgehead atoms. The normalized spacial score (nSPS) is 8.56. The van der Waals surface area contributed by atoms with E-state index >= 15 is 0 Å². The third kappa shape index (κ3) is 1.80. The minimum atomic E-state index is 0. The van der Waals surface area contributed by atoms with Crippen molar-refractivity contribution in [2.45, 2.75) is 4.90 Å². The summed E-state index contributed by atoms with van der Waals surface area (Å²) in [6.45, 7) is 0. The Bertz CT molecular complexity index is 176. The fourth-order valence-electron chi connectivity index (χ4n) is 0.448. The van der Waals surface area contributed by atoms with Gasteiger partial charge in [-0.3, -0.25) is 5.10 Å². The van der Waals surface area contributed by atoms with Crippen LogP contribution in [-0.4, -0.2) is 16.5 Å². The van der Waals surface area contributed by atoms with Gasteiger partial charge in [0.2, 0.25) is 0 Å². The lowest BCUT2D eigenvalue weighted by Gasteiger charge is -1.86. The molecule has 3 nitrogen and oxygen atoms in total. The number of hydrogen-bond donors (Lipinski definition) is 2. The number of anilines is 1. The monoisotopic (exact) mass is 165 g/mol. The fourth-order valence-corrected chi connectivity index (χ4v) is 0.871. The van der Waals surface area contributed by atoms with Crippen LogP contribution in [0.15, 0.2) is 11.1 Å². The van der Waals surface area contributed by atoms with Crippen molar-refractivity contribution in [2.75, 3.05) is 12.0 Å². The van der Waals surface area contributed by atoms with E-state index in [1.165, 1.54) is 0 Å². The van der Waals surface area contributed by atoms with Crippen molar-refractivity contribution in [1.82, 2.24) is 10.2 Å². The standard InChI is InChI=1S/C4H7N3S.ClH/c1-8-3-2-6-7-4(3)5;/h2H,1H3,(H3,5,6,7);1H. The van der Waals surface area contributed by atoms with Crippen LogP contribution >= 0.6 is 24.2 Å². The topological polar surface area (TPSA) is 54.7 Å². The van der Waals surface area contributed by atoms with E-state index in [-0.39, 0.29) is 12.4 Å². The lowest BCUT2D eigenvalue weighted by Crippen LogP contribution is -1.84. The number of nitrogens with one attached hydrogen (secondary N) is 1. The summed E-state index contributed by atoms with van der Waals surface area (Å²) in [5.74, 6) is 0.650. The van der Waals surface area contributed by atoms with Gasteiger partial charge in [0.15, 0.2) is 0 Å². The molecule has 0 aliphatic rings. The zero-order valence-corrected chi connectivity index (χ0v) is 6.55. The smallest absolute Gasteiger partial charge is 0.132 e. The van der Waals surface area contributed by atoms with Crippen molar-refractivity contribution in [1.29, 1.82) is 0 Å². The van der Waals surface area contributed by atoms with E-state index in [1.54, 1.807) is 18.0 Å². The summed E-state index contributed by atoms with van der Waals surface area (Å²) in [5.41, 5.74) is 5.41. The van der Waals surface area contributed by atoms with Gasteiger partial charge in [-0.25, -0.2) is 0 Å². The Balaban J connectivity index is 0.000000640. The number of thioether (sulfide) groups is 1. The third-order valence-corrected chi connectivity index (χ3v) is 1.62. The highest BCUT2D eigenvalue weighted by molar-refractivity contribution is 7.98. The second-order valence-electron chi connectivity index (χ2n) is 1.35. The summed E-state index contributed by atoms with van der Waals surface area (Å²) in [7, 11) is 0. The first-order chi connectivity index (χ1) is 3.84. The number of rotatable bonds is 1. The molecular weight excluding hydrogens is 158 g/mol. The van der Waals surface area contributed by atoms with Crippen LogP contribution in [0.4, 0.5) is 5.82 Å². The van der Waals surface area contributed by atoms with Crippen molar-refractivity contribution >= 4 is 30.0 Å². The zero-order valence-electron chi connectivity index (χ0n) is 4.92. The molecule has 0 aromatic carbocycles. The number of nitrogen functional groups attached to an aromatic ring is 1. The second kappa shape index (κ2) is 3.63. The van der Waals surface area contributed by atoms with Crippen LogP contribution in [0.3, 0.4) is 0 Å². The largest absolute Gasteiger partial charge is 0.383 e. The number of H-pyrrole nitrogens is 1. The van der Waals surface area contributed by atoms with E-state index in [0.29, 0.717) is 5.82 Å². The number of aromatic amines is 1. The molecule has 0 saturated heterocycles. The van der Waals surface area contributed by atoms with Gasteiger partial charge in [-0.1, -0.05) is 0 Å². The molecule has 0 fully saturated rings. The van der Waals surface area contributed by atoms with E-state index in [9.17, 15) is 0 Å². The summed E-state index contributed by atoms with van der Waals surface area (Å²) in [5, 5.41) is 6.35. The molecule has 0 spiro atoms. The Morgan fingerprint density at radius 1 is 1.78 bits per heavy atom. The highest BCUT2D eigenvalue weighted by Gasteiger charge is 1.94. The summed E-state index contributed by atoms with van der Waals surface area (Å²) in [6, 6.07) is 0. The molecule has 0 aliphatic heterocycles. The van der Waals surface area contributed by atoms with Crippen LogP contribution in [-0.2, 0) is 0 Å². The summed E-state index contributed by atoms with van der Waals surface area (Å²) in [4.78, 5) is 1.00. The van der Waals surface area contributed by atoms with E-state index in [1.807, 2.05) is 6.26 Å². The van der Waals surface area contributed by atoms with Crippen LogP contribution in [0, 0.1) is 0 Å². The van der Waals surface area contributed by atoms with Crippen molar-refractivity contribution in [3.05, 3.63) is 6.20 Å². The lowest BCUT2D eigenvalue weighted by molar-refractivity contribution is 1.10. The van der Waals surface area contributed by atoms with Crippen LogP contribution < -0.4 is 5.73 Å². The predicted octanol–water partition coefficient (Wildman–Crippen LogP) is 1.14. The van der Waals surface area contributed by atoms with Gasteiger partial charge in [-0.05, 0) is 6.26 Å². The van der Waals surface area contributed by atoms with Crippen molar-refractivity contribution < 1.29 is 0 Å². The Kier molecular flexibility index (Phi) is 3.49. The lowest BCUT2D eigenvalue weighted by atomic mass is 10.7. The van der Waals surface area contributed by atoms with Crippen LogP contribution in [0.1, 0.15) is 0 Å². The van der Waals surface area contributed by atoms with Crippen molar-refractivity contribution in [3.8, 4) is 0 Å². The fraction of sp³-hybridized carbons (Fsp3) is 0.250. The SMILES string of the molecule is CSc1cn[nH]c1N.Cl. The minimum Gasteiger partial charge on any atom is -0.383 e. The molecule has 0 saturated carbocycles. The van der Waals surface area contributed by atoms with Gasteiger partial charge in [-0.2, -0.15) is 5.10 Å². The Hall–Kier alpha value is -0.350. The Morgan fingerprint density at radius 2 is 2.44 bits per heavy atom. The van der Waals surface area contributed by atoms with Crippen LogP contribution in [0.2, 0.25) is 0 Å². The van der Waals surface area contributed by atoms with Gasteiger partial charge in [0.1, 0.15) is 5.82 Å².